The third-order valence-corrected chi connectivity index (χ3v) is 2.69. The molecule has 16 heavy (non-hydrogen) atoms. The van der Waals surface area contributed by atoms with Gasteiger partial charge in [0.2, 0.25) is 0 Å². The lowest BCUT2D eigenvalue weighted by atomic mass is 10.2. The van der Waals surface area contributed by atoms with Gasteiger partial charge >= 0.3 is 0 Å². The van der Waals surface area contributed by atoms with E-state index in [9.17, 15) is 4.79 Å². The van der Waals surface area contributed by atoms with Crippen molar-refractivity contribution in [3.8, 4) is 0 Å². The second-order valence-corrected chi connectivity index (χ2v) is 4.99. The van der Waals surface area contributed by atoms with Crippen LogP contribution in [0.3, 0.4) is 0 Å². The Kier molecular flexibility index (Phi) is 4.65. The van der Waals surface area contributed by atoms with E-state index < -0.39 is 0 Å². The molecule has 3 nitrogen and oxygen atoms in total. The van der Waals surface area contributed by atoms with E-state index in [1.807, 2.05) is 0 Å². The molecule has 0 aromatic heterocycles. The van der Waals surface area contributed by atoms with Crippen molar-refractivity contribution in [2.24, 2.45) is 0 Å². The van der Waals surface area contributed by atoms with E-state index in [1.165, 1.54) is 12.1 Å². The molecule has 0 saturated carbocycles. The molecule has 3 N–H and O–H groups in total. The minimum Gasteiger partial charge on any atom is -0.396 e. The third kappa shape index (κ3) is 3.40. The molecule has 0 heterocycles. The average molecular weight is 324 g/mol. The van der Waals surface area contributed by atoms with Crippen molar-refractivity contribution in [3.05, 3.63) is 38.8 Å². The van der Waals surface area contributed by atoms with Gasteiger partial charge < -0.3 is 11.1 Å². The molecule has 0 bridgehead atoms. The number of amides is 1. The van der Waals surface area contributed by atoms with Gasteiger partial charge in [-0.2, -0.15) is 0 Å². The number of carbonyl (C=O) groups excluding carboxylic acids is 1. The smallest absolute Gasteiger partial charge is 0.251 e. The molecule has 1 rings (SSSR count). The summed E-state index contributed by atoms with van der Waals surface area (Å²) in [5.74, 6) is -0.288. The number of carbonyl (C=O) groups is 1. The van der Waals surface area contributed by atoms with Crippen LogP contribution in [-0.2, 0) is 0 Å². The fourth-order valence-electron chi connectivity index (χ4n) is 0.994. The number of halogens is 3. The molecule has 6 heteroatoms. The highest BCUT2D eigenvalue weighted by Crippen LogP contribution is 2.28. The third-order valence-electron chi connectivity index (χ3n) is 1.78. The Morgan fingerprint density at radius 1 is 1.44 bits per heavy atom. The van der Waals surface area contributed by atoms with Crippen LogP contribution >= 0.6 is 39.1 Å². The van der Waals surface area contributed by atoms with E-state index in [0.717, 1.165) is 0 Å². The average Bonchev–Trinajstić information content (AvgIpc) is 2.21. The Morgan fingerprint density at radius 3 is 2.38 bits per heavy atom. The second kappa shape index (κ2) is 5.57. The van der Waals surface area contributed by atoms with Crippen molar-refractivity contribution in [2.45, 2.75) is 0 Å². The first kappa shape index (κ1) is 13.4. The van der Waals surface area contributed by atoms with Crippen LogP contribution in [0.1, 0.15) is 10.4 Å². The van der Waals surface area contributed by atoms with Gasteiger partial charge in [0.05, 0.1) is 15.7 Å². The zero-order valence-corrected chi connectivity index (χ0v) is 11.3. The Morgan fingerprint density at radius 2 is 1.94 bits per heavy atom. The Hall–Kier alpha value is -0.710. The molecule has 86 valence electrons. The summed E-state index contributed by atoms with van der Waals surface area (Å²) in [4.78, 5) is 11.6. The molecule has 0 atom stereocenters. The summed E-state index contributed by atoms with van der Waals surface area (Å²) >= 11 is 14.8. The van der Waals surface area contributed by atoms with Gasteiger partial charge in [0.1, 0.15) is 0 Å². The topological polar surface area (TPSA) is 55.1 Å². The SMILES string of the molecule is C=C(Br)CNC(=O)c1cc(Cl)c(N)c(Cl)c1. The molecular weight excluding hydrogens is 315 g/mol. The molecule has 1 aromatic rings. The zero-order chi connectivity index (χ0) is 12.3. The van der Waals surface area contributed by atoms with Crippen molar-refractivity contribution < 1.29 is 4.79 Å². The Labute approximate surface area is 112 Å². The maximum Gasteiger partial charge on any atom is 0.251 e. The number of rotatable bonds is 3. The van der Waals surface area contributed by atoms with Crippen molar-refractivity contribution in [1.82, 2.24) is 5.32 Å². The highest BCUT2D eigenvalue weighted by Gasteiger charge is 2.10. The first-order chi connectivity index (χ1) is 7.41. The van der Waals surface area contributed by atoms with Crippen LogP contribution < -0.4 is 11.1 Å². The van der Waals surface area contributed by atoms with Gasteiger partial charge in [-0.25, -0.2) is 0 Å². The lowest BCUT2D eigenvalue weighted by molar-refractivity contribution is 0.0958. The quantitative estimate of drug-likeness (QED) is 0.839. The summed E-state index contributed by atoms with van der Waals surface area (Å²) in [6.45, 7) is 3.93. The molecule has 0 aliphatic carbocycles. The highest BCUT2D eigenvalue weighted by atomic mass is 79.9. The van der Waals surface area contributed by atoms with Crippen LogP contribution in [0.25, 0.3) is 0 Å². The standard InChI is InChI=1S/C10H9BrCl2N2O/c1-5(11)4-15-10(16)6-2-7(12)9(14)8(13)3-6/h2-3H,1,4,14H2,(H,15,16). The summed E-state index contributed by atoms with van der Waals surface area (Å²) in [5, 5.41) is 3.15. The summed E-state index contributed by atoms with van der Waals surface area (Å²) in [6.07, 6.45) is 0. The van der Waals surface area contributed by atoms with Crippen molar-refractivity contribution in [2.75, 3.05) is 12.3 Å². The lowest BCUT2D eigenvalue weighted by Gasteiger charge is -2.07. The number of nitrogens with two attached hydrogens (primary N) is 1. The summed E-state index contributed by atoms with van der Waals surface area (Å²) in [5.41, 5.74) is 6.18. The first-order valence-corrected chi connectivity index (χ1v) is 5.82. The first-order valence-electron chi connectivity index (χ1n) is 4.28. The highest BCUT2D eigenvalue weighted by molar-refractivity contribution is 9.11. The predicted molar refractivity (Wildman–Crippen MR) is 71.3 cm³/mol. The van der Waals surface area contributed by atoms with Crippen LogP contribution in [0.2, 0.25) is 10.0 Å². The fourth-order valence-corrected chi connectivity index (χ4v) is 1.62. The van der Waals surface area contributed by atoms with Crippen LogP contribution in [0.4, 0.5) is 5.69 Å². The monoisotopic (exact) mass is 322 g/mol. The van der Waals surface area contributed by atoms with Crippen LogP contribution in [0.15, 0.2) is 23.2 Å². The van der Waals surface area contributed by atoms with E-state index in [-0.39, 0.29) is 21.6 Å². The summed E-state index contributed by atoms with van der Waals surface area (Å²) in [7, 11) is 0. The largest absolute Gasteiger partial charge is 0.396 e. The molecular formula is C10H9BrCl2N2O. The molecule has 1 aromatic carbocycles. The Bertz CT molecular complexity index is 425. The number of hydrogen-bond donors (Lipinski definition) is 2. The van der Waals surface area contributed by atoms with E-state index in [4.69, 9.17) is 28.9 Å². The van der Waals surface area contributed by atoms with Crippen LogP contribution in [0.5, 0.6) is 0 Å². The van der Waals surface area contributed by atoms with Gasteiger partial charge in [0, 0.05) is 16.6 Å². The van der Waals surface area contributed by atoms with Gasteiger partial charge in [-0.3, -0.25) is 4.79 Å². The van der Waals surface area contributed by atoms with Gasteiger partial charge in [-0.05, 0) is 12.1 Å². The molecule has 0 fully saturated rings. The van der Waals surface area contributed by atoms with Crippen LogP contribution in [0, 0.1) is 0 Å². The lowest BCUT2D eigenvalue weighted by Crippen LogP contribution is -2.24. The molecule has 0 aliphatic heterocycles. The predicted octanol–water partition coefficient (Wildman–Crippen LogP) is 3.21. The number of benzene rings is 1. The molecule has 0 radical (unpaired) electrons. The Balaban J connectivity index is 2.88. The number of hydrogen-bond acceptors (Lipinski definition) is 2. The zero-order valence-electron chi connectivity index (χ0n) is 8.19. The van der Waals surface area contributed by atoms with Gasteiger partial charge in [0.25, 0.3) is 5.91 Å². The maximum absolute atomic E-state index is 11.6. The normalized spacial score (nSPS) is 9.94. The minimum atomic E-state index is -0.288. The molecule has 1 amide bonds. The molecule has 0 saturated heterocycles. The molecule has 0 spiro atoms. The molecule has 0 aliphatic rings. The minimum absolute atomic E-state index is 0.260. The van der Waals surface area contributed by atoms with Crippen molar-refractivity contribution in [1.29, 1.82) is 0 Å². The maximum atomic E-state index is 11.6. The van der Waals surface area contributed by atoms with E-state index >= 15 is 0 Å². The van der Waals surface area contributed by atoms with Crippen molar-refractivity contribution in [3.63, 3.8) is 0 Å². The number of anilines is 1. The van der Waals surface area contributed by atoms with Crippen LogP contribution in [-0.4, -0.2) is 12.5 Å². The fraction of sp³-hybridized carbons (Fsp3) is 0.100. The summed E-state index contributed by atoms with van der Waals surface area (Å²) in [6, 6.07) is 2.93. The van der Waals surface area contributed by atoms with E-state index in [2.05, 4.69) is 27.8 Å². The van der Waals surface area contributed by atoms with E-state index in [0.29, 0.717) is 16.6 Å². The van der Waals surface area contributed by atoms with Gasteiger partial charge in [-0.15, -0.1) is 0 Å². The van der Waals surface area contributed by atoms with Gasteiger partial charge in [-0.1, -0.05) is 45.7 Å². The van der Waals surface area contributed by atoms with Crippen molar-refractivity contribution >= 4 is 50.7 Å². The number of nitrogen functional groups attached to an aromatic ring is 1. The van der Waals surface area contributed by atoms with Gasteiger partial charge in [0.15, 0.2) is 0 Å². The van der Waals surface area contributed by atoms with E-state index in [1.54, 1.807) is 0 Å². The molecule has 0 unspecified atom stereocenters. The second-order valence-electron chi connectivity index (χ2n) is 3.05. The number of nitrogens with one attached hydrogen (secondary N) is 1. The summed E-state index contributed by atoms with van der Waals surface area (Å²) < 4.78 is 0.675.